The predicted molar refractivity (Wildman–Crippen MR) is 111 cm³/mol. The number of piperidine rings is 2. The Labute approximate surface area is 172 Å². The first-order valence-corrected chi connectivity index (χ1v) is 11.6. The fourth-order valence-electron chi connectivity index (χ4n) is 3.98. The zero-order valence-corrected chi connectivity index (χ0v) is 17.7. The molecule has 0 radical (unpaired) electrons. The van der Waals surface area contributed by atoms with Crippen LogP contribution in [-0.2, 0) is 14.8 Å². The van der Waals surface area contributed by atoms with Crippen molar-refractivity contribution >= 4 is 21.8 Å². The predicted octanol–water partition coefficient (Wildman–Crippen LogP) is 2.01. The molecule has 3 rings (SSSR count). The average molecular weight is 420 g/mol. The van der Waals surface area contributed by atoms with Gasteiger partial charge in [-0.25, -0.2) is 8.42 Å². The molecule has 0 aliphatic carbocycles. The second-order valence-electron chi connectivity index (χ2n) is 7.83. The van der Waals surface area contributed by atoms with Crippen LogP contribution in [0.4, 0.5) is 0 Å². The summed E-state index contributed by atoms with van der Waals surface area (Å²) in [7, 11) is -3.64. The third-order valence-electron chi connectivity index (χ3n) is 5.76. The lowest BCUT2D eigenvalue weighted by Gasteiger charge is -2.36. The second kappa shape index (κ2) is 9.09. The van der Waals surface area contributed by atoms with Gasteiger partial charge in [-0.1, -0.05) is 13.5 Å². The number of carbonyl (C=O) groups excluding carboxylic acids is 2. The molecule has 7 nitrogen and oxygen atoms in total. The molecule has 2 heterocycles. The third-order valence-corrected chi connectivity index (χ3v) is 7.64. The van der Waals surface area contributed by atoms with Gasteiger partial charge in [-0.3, -0.25) is 9.59 Å². The Morgan fingerprint density at radius 2 is 1.76 bits per heavy atom. The SMILES string of the molecule is C=CC(=O)NC1CCN(S(=O)(=O)c2ccc(C(=O)N3CCCCC3)cc2)CC1C. The van der Waals surface area contributed by atoms with Gasteiger partial charge in [-0.05, 0) is 61.9 Å². The highest BCUT2D eigenvalue weighted by molar-refractivity contribution is 7.89. The molecule has 8 heteroatoms. The summed E-state index contributed by atoms with van der Waals surface area (Å²) in [5, 5.41) is 2.86. The zero-order chi connectivity index (χ0) is 21.0. The van der Waals surface area contributed by atoms with Crippen molar-refractivity contribution in [1.82, 2.24) is 14.5 Å². The summed E-state index contributed by atoms with van der Waals surface area (Å²) in [6, 6.07) is 6.16. The van der Waals surface area contributed by atoms with Crippen LogP contribution in [0.5, 0.6) is 0 Å². The van der Waals surface area contributed by atoms with Gasteiger partial charge in [0.05, 0.1) is 4.90 Å². The van der Waals surface area contributed by atoms with Gasteiger partial charge in [0.1, 0.15) is 0 Å². The molecule has 1 aromatic rings. The number of hydrogen-bond acceptors (Lipinski definition) is 4. The molecule has 2 aliphatic rings. The van der Waals surface area contributed by atoms with E-state index in [4.69, 9.17) is 0 Å². The largest absolute Gasteiger partial charge is 0.349 e. The fraction of sp³-hybridized carbons (Fsp3) is 0.524. The molecule has 2 aliphatic heterocycles. The van der Waals surface area contributed by atoms with Gasteiger partial charge in [0.15, 0.2) is 0 Å². The Bertz CT molecular complexity index is 860. The molecule has 0 spiro atoms. The van der Waals surface area contributed by atoms with Crippen molar-refractivity contribution in [3.63, 3.8) is 0 Å². The van der Waals surface area contributed by atoms with Crippen molar-refractivity contribution in [2.75, 3.05) is 26.2 Å². The highest BCUT2D eigenvalue weighted by Crippen LogP contribution is 2.24. The lowest BCUT2D eigenvalue weighted by Crippen LogP contribution is -2.51. The smallest absolute Gasteiger partial charge is 0.253 e. The van der Waals surface area contributed by atoms with E-state index in [0.29, 0.717) is 25.1 Å². The van der Waals surface area contributed by atoms with Crippen LogP contribution in [0.1, 0.15) is 43.0 Å². The van der Waals surface area contributed by atoms with Gasteiger partial charge < -0.3 is 10.2 Å². The minimum Gasteiger partial charge on any atom is -0.349 e. The molecule has 0 aromatic heterocycles. The van der Waals surface area contributed by atoms with E-state index < -0.39 is 10.0 Å². The quantitative estimate of drug-likeness (QED) is 0.740. The van der Waals surface area contributed by atoms with Gasteiger partial charge in [0, 0.05) is 37.8 Å². The van der Waals surface area contributed by atoms with Crippen LogP contribution < -0.4 is 5.32 Å². The van der Waals surface area contributed by atoms with Crippen LogP contribution in [0.25, 0.3) is 0 Å². The molecule has 1 N–H and O–H groups in total. The topological polar surface area (TPSA) is 86.8 Å². The maximum Gasteiger partial charge on any atom is 0.253 e. The van der Waals surface area contributed by atoms with E-state index in [1.54, 1.807) is 12.1 Å². The lowest BCUT2D eigenvalue weighted by molar-refractivity contribution is -0.117. The number of nitrogens with zero attached hydrogens (tertiary/aromatic N) is 2. The number of sulfonamides is 1. The number of likely N-dealkylation sites (tertiary alicyclic amines) is 1. The first kappa shape index (κ1) is 21.5. The molecular formula is C21H29N3O4S. The summed E-state index contributed by atoms with van der Waals surface area (Å²) in [6.07, 6.45) is 4.95. The molecule has 2 saturated heterocycles. The molecule has 2 fully saturated rings. The normalized spacial score (nSPS) is 23.4. The molecular weight excluding hydrogens is 390 g/mol. The first-order valence-electron chi connectivity index (χ1n) is 10.2. The van der Waals surface area contributed by atoms with E-state index in [-0.39, 0.29) is 28.7 Å². The van der Waals surface area contributed by atoms with Crippen molar-refractivity contribution in [3.8, 4) is 0 Å². The zero-order valence-electron chi connectivity index (χ0n) is 16.8. The van der Waals surface area contributed by atoms with E-state index in [1.807, 2.05) is 11.8 Å². The van der Waals surface area contributed by atoms with E-state index in [9.17, 15) is 18.0 Å². The van der Waals surface area contributed by atoms with Crippen molar-refractivity contribution in [2.45, 2.75) is 43.5 Å². The van der Waals surface area contributed by atoms with E-state index in [0.717, 1.165) is 32.4 Å². The number of nitrogens with one attached hydrogen (secondary N) is 1. The van der Waals surface area contributed by atoms with Crippen molar-refractivity contribution in [1.29, 1.82) is 0 Å². The van der Waals surface area contributed by atoms with E-state index >= 15 is 0 Å². The average Bonchev–Trinajstić information content (AvgIpc) is 2.75. The van der Waals surface area contributed by atoms with Crippen LogP contribution in [0.3, 0.4) is 0 Å². The van der Waals surface area contributed by atoms with Crippen LogP contribution in [0.15, 0.2) is 41.8 Å². The van der Waals surface area contributed by atoms with E-state index in [2.05, 4.69) is 11.9 Å². The standard InChI is InChI=1S/C21H29N3O4S/c1-3-20(25)22-19-11-14-24(15-16(19)2)29(27,28)18-9-7-17(8-10-18)21(26)23-12-5-4-6-13-23/h3,7-10,16,19H,1,4-6,11-15H2,2H3,(H,22,25). The van der Waals surface area contributed by atoms with Gasteiger partial charge in [-0.2, -0.15) is 4.31 Å². The Hall–Kier alpha value is -2.19. The van der Waals surface area contributed by atoms with Crippen LogP contribution >= 0.6 is 0 Å². The van der Waals surface area contributed by atoms with Gasteiger partial charge in [-0.15, -0.1) is 0 Å². The summed E-state index contributed by atoms with van der Waals surface area (Å²) < 4.78 is 27.5. The highest BCUT2D eigenvalue weighted by atomic mass is 32.2. The van der Waals surface area contributed by atoms with Crippen molar-refractivity contribution in [3.05, 3.63) is 42.5 Å². The molecule has 0 saturated carbocycles. The van der Waals surface area contributed by atoms with Crippen LogP contribution in [0.2, 0.25) is 0 Å². The van der Waals surface area contributed by atoms with Crippen molar-refractivity contribution in [2.24, 2.45) is 5.92 Å². The Kier molecular flexibility index (Phi) is 6.74. The highest BCUT2D eigenvalue weighted by Gasteiger charge is 2.34. The maximum atomic E-state index is 13.0. The lowest BCUT2D eigenvalue weighted by atomic mass is 9.95. The summed E-state index contributed by atoms with van der Waals surface area (Å²) in [4.78, 5) is 26.1. The number of rotatable bonds is 5. The van der Waals surface area contributed by atoms with Gasteiger partial charge in [0.25, 0.3) is 5.91 Å². The molecule has 2 unspecified atom stereocenters. The van der Waals surface area contributed by atoms with E-state index in [1.165, 1.54) is 22.5 Å². The van der Waals surface area contributed by atoms with Gasteiger partial charge in [0.2, 0.25) is 15.9 Å². The maximum absolute atomic E-state index is 13.0. The Morgan fingerprint density at radius 1 is 1.10 bits per heavy atom. The summed E-state index contributed by atoms with van der Waals surface area (Å²) >= 11 is 0. The minimum atomic E-state index is -3.64. The van der Waals surface area contributed by atoms with Crippen LogP contribution in [0, 0.1) is 5.92 Å². The van der Waals surface area contributed by atoms with Gasteiger partial charge >= 0.3 is 0 Å². The third kappa shape index (κ3) is 4.87. The monoisotopic (exact) mass is 419 g/mol. The Balaban J connectivity index is 1.67. The second-order valence-corrected chi connectivity index (χ2v) is 9.76. The Morgan fingerprint density at radius 3 is 2.34 bits per heavy atom. The molecule has 1 aromatic carbocycles. The fourth-order valence-corrected chi connectivity index (χ4v) is 5.54. The first-order chi connectivity index (χ1) is 13.8. The number of carbonyl (C=O) groups is 2. The molecule has 29 heavy (non-hydrogen) atoms. The minimum absolute atomic E-state index is 0.0117. The van der Waals surface area contributed by atoms with Crippen molar-refractivity contribution < 1.29 is 18.0 Å². The number of benzene rings is 1. The molecule has 2 atom stereocenters. The summed E-state index contributed by atoms with van der Waals surface area (Å²) in [5.41, 5.74) is 0.519. The number of amides is 2. The summed E-state index contributed by atoms with van der Waals surface area (Å²) in [6.45, 7) is 7.56. The number of hydrogen-bond donors (Lipinski definition) is 1. The summed E-state index contributed by atoms with van der Waals surface area (Å²) in [5.74, 6) is -0.296. The molecule has 2 amide bonds. The molecule has 158 valence electrons. The van der Waals surface area contributed by atoms with Crippen LogP contribution in [-0.4, -0.2) is 61.7 Å². The molecule has 0 bridgehead atoms.